The molecule has 10 nitrogen and oxygen atoms in total. The topological polar surface area (TPSA) is 142 Å². The van der Waals surface area contributed by atoms with E-state index in [0.29, 0.717) is 0 Å². The Kier molecular flexibility index (Phi) is 7.73. The molecule has 1 aromatic carbocycles. The summed E-state index contributed by atoms with van der Waals surface area (Å²) in [5.74, 6) is -0.688. The number of rotatable bonds is 10. The summed E-state index contributed by atoms with van der Waals surface area (Å²) in [5, 5.41) is 23.2. The maximum atomic E-state index is 12.6. The van der Waals surface area contributed by atoms with Crippen molar-refractivity contribution in [3.8, 4) is 0 Å². The SMILES string of the molecule is COCC(O)C(O)C(Cc1ccccc1)NC(=O)c1coc(N(C)S(C)(=O)=O)n1. The first-order chi connectivity index (χ1) is 13.6. The molecule has 0 fully saturated rings. The lowest BCUT2D eigenvalue weighted by Gasteiger charge is -2.27. The number of aromatic nitrogens is 1. The zero-order valence-corrected chi connectivity index (χ0v) is 17.2. The molecule has 3 unspecified atom stereocenters. The van der Waals surface area contributed by atoms with E-state index in [0.717, 1.165) is 22.4 Å². The maximum absolute atomic E-state index is 12.6. The van der Waals surface area contributed by atoms with Gasteiger partial charge in [-0.3, -0.25) is 4.79 Å². The summed E-state index contributed by atoms with van der Waals surface area (Å²) in [7, 11) is -0.978. The summed E-state index contributed by atoms with van der Waals surface area (Å²) in [6.45, 7) is -0.115. The van der Waals surface area contributed by atoms with Crippen LogP contribution in [0.3, 0.4) is 0 Å². The molecular formula is C18H25N3O7S. The molecule has 0 aliphatic rings. The number of methoxy groups -OCH3 is 1. The van der Waals surface area contributed by atoms with Crippen molar-refractivity contribution in [1.29, 1.82) is 0 Å². The molecule has 0 aliphatic heterocycles. The normalized spacial score (nSPS) is 14.8. The first-order valence-electron chi connectivity index (χ1n) is 8.72. The standard InChI is InChI=1S/C18H25N3O7S/c1-21(29(3,25)26)18-20-14(10-28-18)17(24)19-13(16(23)15(22)11-27-2)9-12-7-5-4-6-8-12/h4-8,10,13,15-16,22-23H,9,11H2,1-3H3,(H,19,24). The molecule has 2 rings (SSSR count). The molecule has 160 valence electrons. The highest BCUT2D eigenvalue weighted by Gasteiger charge is 2.29. The highest BCUT2D eigenvalue weighted by molar-refractivity contribution is 7.92. The van der Waals surface area contributed by atoms with E-state index in [-0.39, 0.29) is 24.7 Å². The van der Waals surface area contributed by atoms with E-state index in [1.165, 1.54) is 14.2 Å². The van der Waals surface area contributed by atoms with Crippen LogP contribution < -0.4 is 9.62 Å². The van der Waals surface area contributed by atoms with Crippen LogP contribution in [0.15, 0.2) is 41.0 Å². The van der Waals surface area contributed by atoms with Gasteiger partial charge in [0.2, 0.25) is 10.0 Å². The molecule has 0 bridgehead atoms. The summed E-state index contributed by atoms with van der Waals surface area (Å²) in [6, 6.07) is 7.99. The number of amides is 1. The van der Waals surface area contributed by atoms with Crippen LogP contribution >= 0.6 is 0 Å². The quantitative estimate of drug-likeness (QED) is 0.472. The van der Waals surface area contributed by atoms with Crippen molar-refractivity contribution < 1.29 is 32.6 Å². The minimum Gasteiger partial charge on any atom is -0.430 e. The number of hydrogen-bond donors (Lipinski definition) is 3. The van der Waals surface area contributed by atoms with E-state index >= 15 is 0 Å². The summed E-state index contributed by atoms with van der Waals surface area (Å²) < 4.78 is 33.9. The average Bonchev–Trinajstić information content (AvgIpc) is 3.16. The first-order valence-corrected chi connectivity index (χ1v) is 10.6. The van der Waals surface area contributed by atoms with Gasteiger partial charge >= 0.3 is 6.01 Å². The second kappa shape index (κ2) is 9.83. The molecule has 0 saturated heterocycles. The Morgan fingerprint density at radius 3 is 2.55 bits per heavy atom. The van der Waals surface area contributed by atoms with E-state index in [2.05, 4.69) is 10.3 Å². The summed E-state index contributed by atoms with van der Waals surface area (Å²) in [6.07, 6.45) is -0.311. The smallest absolute Gasteiger partial charge is 0.311 e. The average molecular weight is 427 g/mol. The van der Waals surface area contributed by atoms with Gasteiger partial charge < -0.3 is 24.7 Å². The van der Waals surface area contributed by atoms with Gasteiger partial charge in [0.15, 0.2) is 5.69 Å². The van der Waals surface area contributed by atoms with Crippen molar-refractivity contribution in [3.05, 3.63) is 47.9 Å². The number of carbonyl (C=O) groups excluding carboxylic acids is 1. The number of carbonyl (C=O) groups is 1. The molecule has 3 N–H and O–H groups in total. The van der Waals surface area contributed by atoms with Crippen molar-refractivity contribution in [1.82, 2.24) is 10.3 Å². The third kappa shape index (κ3) is 6.26. The van der Waals surface area contributed by atoms with Crippen LogP contribution in [-0.4, -0.2) is 74.8 Å². The Hall–Kier alpha value is -2.47. The van der Waals surface area contributed by atoms with Gasteiger partial charge in [-0.05, 0) is 12.0 Å². The number of nitrogens with zero attached hydrogens (tertiary/aromatic N) is 2. The molecule has 0 saturated carbocycles. The van der Waals surface area contributed by atoms with Crippen LogP contribution in [0.5, 0.6) is 0 Å². The molecule has 1 aromatic heterocycles. The van der Waals surface area contributed by atoms with Crippen molar-refractivity contribution in [3.63, 3.8) is 0 Å². The number of oxazole rings is 1. The Labute approximate surface area is 169 Å². The van der Waals surface area contributed by atoms with Crippen molar-refractivity contribution in [2.75, 3.05) is 31.3 Å². The molecule has 1 amide bonds. The second-order valence-corrected chi connectivity index (χ2v) is 8.54. The van der Waals surface area contributed by atoms with Crippen molar-refractivity contribution in [2.24, 2.45) is 0 Å². The predicted octanol–water partition coefficient (Wildman–Crippen LogP) is -0.220. The van der Waals surface area contributed by atoms with Crippen LogP contribution in [-0.2, 0) is 21.2 Å². The summed E-state index contributed by atoms with van der Waals surface area (Å²) in [4.78, 5) is 16.5. The van der Waals surface area contributed by atoms with Gasteiger partial charge in [-0.25, -0.2) is 12.7 Å². The number of aliphatic hydroxyl groups excluding tert-OH is 2. The van der Waals surface area contributed by atoms with Gasteiger partial charge in [-0.15, -0.1) is 0 Å². The number of sulfonamides is 1. The molecule has 1 heterocycles. The van der Waals surface area contributed by atoms with Crippen LogP contribution in [0.1, 0.15) is 16.1 Å². The molecule has 0 spiro atoms. The highest BCUT2D eigenvalue weighted by Crippen LogP contribution is 2.16. The van der Waals surface area contributed by atoms with Gasteiger partial charge in [0.1, 0.15) is 18.5 Å². The summed E-state index contributed by atoms with van der Waals surface area (Å²) in [5.41, 5.74) is 0.668. The fraction of sp³-hybridized carbons (Fsp3) is 0.444. The largest absolute Gasteiger partial charge is 0.430 e. The van der Waals surface area contributed by atoms with Gasteiger partial charge in [-0.2, -0.15) is 4.98 Å². The Balaban J connectivity index is 2.19. The van der Waals surface area contributed by atoms with Crippen LogP contribution in [0.25, 0.3) is 0 Å². The van der Waals surface area contributed by atoms with E-state index in [1.807, 2.05) is 30.3 Å². The van der Waals surface area contributed by atoms with Gasteiger partial charge in [0, 0.05) is 14.2 Å². The molecule has 3 atom stereocenters. The first kappa shape index (κ1) is 22.8. The third-order valence-corrected chi connectivity index (χ3v) is 5.40. The Morgan fingerprint density at radius 2 is 1.97 bits per heavy atom. The number of anilines is 1. The molecule has 0 radical (unpaired) electrons. The number of benzene rings is 1. The van der Waals surface area contributed by atoms with E-state index in [9.17, 15) is 23.4 Å². The number of ether oxygens (including phenoxy) is 1. The monoisotopic (exact) mass is 427 g/mol. The lowest BCUT2D eigenvalue weighted by atomic mass is 9.97. The summed E-state index contributed by atoms with van der Waals surface area (Å²) >= 11 is 0. The fourth-order valence-electron chi connectivity index (χ4n) is 2.56. The molecule has 0 aliphatic carbocycles. The molecule has 2 aromatic rings. The number of nitrogens with one attached hydrogen (secondary N) is 1. The molecule has 11 heteroatoms. The minimum atomic E-state index is -3.60. The molecular weight excluding hydrogens is 402 g/mol. The van der Waals surface area contributed by atoms with Crippen LogP contribution in [0.4, 0.5) is 6.01 Å². The number of hydrogen-bond acceptors (Lipinski definition) is 8. The van der Waals surface area contributed by atoms with Crippen LogP contribution in [0, 0.1) is 0 Å². The zero-order chi connectivity index (χ0) is 21.6. The van der Waals surface area contributed by atoms with Crippen LogP contribution in [0.2, 0.25) is 0 Å². The predicted molar refractivity (Wildman–Crippen MR) is 105 cm³/mol. The molecule has 29 heavy (non-hydrogen) atoms. The zero-order valence-electron chi connectivity index (χ0n) is 16.3. The maximum Gasteiger partial charge on any atom is 0.311 e. The Bertz CT molecular complexity index is 901. The van der Waals surface area contributed by atoms with Crippen molar-refractivity contribution >= 4 is 21.9 Å². The highest BCUT2D eigenvalue weighted by atomic mass is 32.2. The van der Waals surface area contributed by atoms with E-state index in [1.54, 1.807) is 0 Å². The van der Waals surface area contributed by atoms with E-state index in [4.69, 9.17) is 9.15 Å². The fourth-order valence-corrected chi connectivity index (χ4v) is 2.93. The minimum absolute atomic E-state index is 0.115. The Morgan fingerprint density at radius 1 is 1.31 bits per heavy atom. The lowest BCUT2D eigenvalue weighted by molar-refractivity contribution is -0.0407. The van der Waals surface area contributed by atoms with E-state index < -0.39 is 34.2 Å². The van der Waals surface area contributed by atoms with Gasteiger partial charge in [-0.1, -0.05) is 30.3 Å². The van der Waals surface area contributed by atoms with Gasteiger partial charge in [0.05, 0.1) is 18.9 Å². The number of aliphatic hydroxyl groups is 2. The lowest BCUT2D eigenvalue weighted by Crippen LogP contribution is -2.51. The second-order valence-electron chi connectivity index (χ2n) is 6.53. The van der Waals surface area contributed by atoms with Crippen molar-refractivity contribution in [2.45, 2.75) is 24.7 Å². The van der Waals surface area contributed by atoms with Gasteiger partial charge in [0.25, 0.3) is 5.91 Å². The third-order valence-electron chi connectivity index (χ3n) is 4.25.